The molecule has 1 aromatic carbocycles. The molecule has 0 saturated carbocycles. The van der Waals surface area contributed by atoms with E-state index in [-0.39, 0.29) is 30.2 Å². The van der Waals surface area contributed by atoms with Crippen molar-refractivity contribution in [3.8, 4) is 0 Å². The van der Waals surface area contributed by atoms with Gasteiger partial charge in [-0.25, -0.2) is 0 Å². The lowest BCUT2D eigenvalue weighted by Gasteiger charge is -2.37. The molecule has 2 heterocycles. The van der Waals surface area contributed by atoms with Crippen LogP contribution in [0.5, 0.6) is 0 Å². The number of carbonyl (C=O) groups is 2. The summed E-state index contributed by atoms with van der Waals surface area (Å²) in [4.78, 5) is 40.6. The van der Waals surface area contributed by atoms with Crippen molar-refractivity contribution < 1.29 is 19.2 Å². The quantitative estimate of drug-likeness (QED) is 0.272. The highest BCUT2D eigenvalue weighted by Crippen LogP contribution is 2.35. The highest BCUT2D eigenvalue weighted by molar-refractivity contribution is 6.35. The van der Waals surface area contributed by atoms with Crippen LogP contribution in [-0.2, 0) is 14.3 Å². The number of rotatable bonds is 8. The molecule has 31 heavy (non-hydrogen) atoms. The Kier molecular flexibility index (Phi) is 7.10. The van der Waals surface area contributed by atoms with E-state index < -0.39 is 4.92 Å². The average Bonchev–Trinajstić information content (AvgIpc) is 2.94. The molecule has 1 saturated heterocycles. The lowest BCUT2D eigenvalue weighted by atomic mass is 9.91. The summed E-state index contributed by atoms with van der Waals surface area (Å²) in [6, 6.07) is 5.86. The summed E-state index contributed by atoms with van der Waals surface area (Å²) < 4.78 is 5.55. The summed E-state index contributed by atoms with van der Waals surface area (Å²) in [5.41, 5.74) is 1.24. The molecule has 2 aliphatic rings. The van der Waals surface area contributed by atoms with Gasteiger partial charge in [-0.1, -0.05) is 13.8 Å². The SMILES string of the molecule is CC1CC(C)CN(C2=C(c3ccc([N+](=O)[O-])cc3)C(=O)N(CCCOC(C)C)C2=O)C1. The standard InChI is InChI=1S/C23H31N3O5/c1-15(2)31-11-5-10-25-22(27)20(18-6-8-19(9-7-18)26(29)30)21(23(25)28)24-13-16(3)12-17(4)14-24/h6-9,15-17H,5,10-14H2,1-4H3. The Labute approximate surface area is 183 Å². The van der Waals surface area contributed by atoms with Gasteiger partial charge in [0, 0.05) is 38.4 Å². The number of ether oxygens (including phenoxy) is 1. The molecule has 0 aliphatic carbocycles. The Morgan fingerprint density at radius 1 is 1.10 bits per heavy atom. The first kappa shape index (κ1) is 22.9. The van der Waals surface area contributed by atoms with Crippen LogP contribution in [0.15, 0.2) is 30.0 Å². The summed E-state index contributed by atoms with van der Waals surface area (Å²) >= 11 is 0. The van der Waals surface area contributed by atoms with Gasteiger partial charge in [-0.2, -0.15) is 0 Å². The number of amides is 2. The Hall–Kier alpha value is -2.74. The summed E-state index contributed by atoms with van der Waals surface area (Å²) in [5.74, 6) is 0.185. The minimum Gasteiger partial charge on any atom is -0.379 e. The first-order valence-electron chi connectivity index (χ1n) is 10.9. The second-order valence-electron chi connectivity index (χ2n) is 8.91. The van der Waals surface area contributed by atoms with Crippen molar-refractivity contribution in [2.24, 2.45) is 11.8 Å². The molecule has 0 spiro atoms. The maximum atomic E-state index is 13.4. The van der Waals surface area contributed by atoms with Crippen molar-refractivity contribution in [3.63, 3.8) is 0 Å². The summed E-state index contributed by atoms with van der Waals surface area (Å²) in [7, 11) is 0. The van der Waals surface area contributed by atoms with Crippen LogP contribution in [0.1, 0.15) is 46.1 Å². The van der Waals surface area contributed by atoms with Gasteiger partial charge in [-0.3, -0.25) is 24.6 Å². The topological polar surface area (TPSA) is 93.0 Å². The first-order chi connectivity index (χ1) is 14.7. The zero-order valence-corrected chi connectivity index (χ0v) is 18.7. The minimum atomic E-state index is -0.476. The van der Waals surface area contributed by atoms with E-state index in [9.17, 15) is 19.7 Å². The van der Waals surface area contributed by atoms with E-state index in [0.717, 1.165) is 6.42 Å². The number of nitro benzene ring substituents is 1. The maximum absolute atomic E-state index is 13.4. The number of piperidine rings is 1. The molecule has 0 N–H and O–H groups in total. The predicted molar refractivity (Wildman–Crippen MR) is 117 cm³/mol. The van der Waals surface area contributed by atoms with Crippen LogP contribution in [0, 0.1) is 22.0 Å². The Bertz CT molecular complexity index is 868. The van der Waals surface area contributed by atoms with E-state index in [4.69, 9.17) is 4.74 Å². The molecule has 8 nitrogen and oxygen atoms in total. The lowest BCUT2D eigenvalue weighted by molar-refractivity contribution is -0.384. The molecule has 3 rings (SSSR count). The van der Waals surface area contributed by atoms with Crippen molar-refractivity contribution in [2.45, 2.75) is 46.6 Å². The highest BCUT2D eigenvalue weighted by Gasteiger charge is 2.42. The monoisotopic (exact) mass is 429 g/mol. The number of hydrogen-bond donors (Lipinski definition) is 0. The molecule has 168 valence electrons. The van der Waals surface area contributed by atoms with E-state index in [2.05, 4.69) is 13.8 Å². The molecule has 1 fully saturated rings. The zero-order chi connectivity index (χ0) is 22.7. The van der Waals surface area contributed by atoms with Crippen molar-refractivity contribution in [2.75, 3.05) is 26.2 Å². The zero-order valence-electron chi connectivity index (χ0n) is 18.7. The molecule has 8 heteroatoms. The van der Waals surface area contributed by atoms with Crippen molar-refractivity contribution >= 4 is 23.1 Å². The fourth-order valence-corrected chi connectivity index (χ4v) is 4.46. The number of nitro groups is 1. The van der Waals surface area contributed by atoms with Crippen LogP contribution in [0.2, 0.25) is 0 Å². The minimum absolute atomic E-state index is 0.0504. The summed E-state index contributed by atoms with van der Waals surface area (Å²) in [6.07, 6.45) is 1.73. The van der Waals surface area contributed by atoms with E-state index >= 15 is 0 Å². The molecular formula is C23H31N3O5. The molecule has 2 atom stereocenters. The van der Waals surface area contributed by atoms with Crippen LogP contribution >= 0.6 is 0 Å². The number of likely N-dealkylation sites (tertiary alicyclic amines) is 1. The molecule has 0 aromatic heterocycles. The van der Waals surface area contributed by atoms with E-state index in [1.165, 1.54) is 17.0 Å². The van der Waals surface area contributed by atoms with E-state index in [1.54, 1.807) is 12.1 Å². The van der Waals surface area contributed by atoms with Crippen molar-refractivity contribution in [3.05, 3.63) is 45.6 Å². The first-order valence-corrected chi connectivity index (χ1v) is 10.9. The van der Waals surface area contributed by atoms with Gasteiger partial charge in [0.2, 0.25) is 0 Å². The van der Waals surface area contributed by atoms with Crippen molar-refractivity contribution in [1.29, 1.82) is 0 Å². The van der Waals surface area contributed by atoms with Gasteiger partial charge in [0.25, 0.3) is 17.5 Å². The highest BCUT2D eigenvalue weighted by atomic mass is 16.6. The van der Waals surface area contributed by atoms with E-state index in [1.807, 2.05) is 18.7 Å². The Morgan fingerprint density at radius 2 is 1.71 bits per heavy atom. The van der Waals surface area contributed by atoms with Crippen LogP contribution in [0.25, 0.3) is 5.57 Å². The molecule has 0 radical (unpaired) electrons. The van der Waals surface area contributed by atoms with Gasteiger partial charge in [-0.15, -0.1) is 0 Å². The van der Waals surface area contributed by atoms with Gasteiger partial charge in [0.1, 0.15) is 5.70 Å². The van der Waals surface area contributed by atoms with Crippen LogP contribution in [0.4, 0.5) is 5.69 Å². The molecule has 2 aliphatic heterocycles. The number of carbonyl (C=O) groups excluding carboxylic acids is 2. The van der Waals surface area contributed by atoms with E-state index in [0.29, 0.717) is 54.8 Å². The number of benzene rings is 1. The number of nitrogens with zero attached hydrogens (tertiary/aromatic N) is 3. The van der Waals surface area contributed by atoms with Gasteiger partial charge in [-0.05, 0) is 56.2 Å². The smallest absolute Gasteiger partial charge is 0.277 e. The average molecular weight is 430 g/mol. The summed E-state index contributed by atoms with van der Waals surface area (Å²) in [6.45, 7) is 10.3. The third-order valence-corrected chi connectivity index (χ3v) is 5.67. The van der Waals surface area contributed by atoms with Gasteiger partial charge < -0.3 is 9.64 Å². The maximum Gasteiger partial charge on any atom is 0.277 e. The third-order valence-electron chi connectivity index (χ3n) is 5.67. The lowest BCUT2D eigenvalue weighted by Crippen LogP contribution is -2.42. The third kappa shape index (κ3) is 5.12. The Morgan fingerprint density at radius 3 is 2.26 bits per heavy atom. The molecule has 2 unspecified atom stereocenters. The molecule has 0 bridgehead atoms. The molecule has 1 aromatic rings. The summed E-state index contributed by atoms with van der Waals surface area (Å²) in [5, 5.41) is 11.0. The van der Waals surface area contributed by atoms with Crippen LogP contribution < -0.4 is 0 Å². The van der Waals surface area contributed by atoms with Crippen molar-refractivity contribution in [1.82, 2.24) is 9.80 Å². The largest absolute Gasteiger partial charge is 0.379 e. The van der Waals surface area contributed by atoms with Gasteiger partial charge in [0.15, 0.2) is 0 Å². The molecule has 2 amide bonds. The normalized spacial score (nSPS) is 22.1. The van der Waals surface area contributed by atoms with Crippen LogP contribution in [0.3, 0.4) is 0 Å². The fraction of sp³-hybridized carbons (Fsp3) is 0.565. The van der Waals surface area contributed by atoms with Crippen LogP contribution in [-0.4, -0.2) is 58.9 Å². The second-order valence-corrected chi connectivity index (χ2v) is 8.91. The Balaban J connectivity index is 1.93. The van der Waals surface area contributed by atoms with Gasteiger partial charge in [0.05, 0.1) is 16.6 Å². The fourth-order valence-electron chi connectivity index (χ4n) is 4.46. The van der Waals surface area contributed by atoms with Gasteiger partial charge >= 0.3 is 0 Å². The number of hydrogen-bond acceptors (Lipinski definition) is 6. The number of non-ortho nitro benzene ring substituents is 1. The predicted octanol–water partition coefficient (Wildman–Crippen LogP) is 3.47. The second kappa shape index (κ2) is 9.60. The molecular weight excluding hydrogens is 398 g/mol. The number of imide groups is 1.